The summed E-state index contributed by atoms with van der Waals surface area (Å²) in [4.78, 5) is 16.7. The molecule has 25 heavy (non-hydrogen) atoms. The molecule has 0 aliphatic heterocycles. The van der Waals surface area contributed by atoms with Crippen molar-refractivity contribution >= 4 is 45.4 Å². The van der Waals surface area contributed by atoms with Crippen LogP contribution in [0, 0.1) is 0 Å². The van der Waals surface area contributed by atoms with Crippen LogP contribution in [0.4, 0.5) is 16.5 Å². The summed E-state index contributed by atoms with van der Waals surface area (Å²) in [5.74, 6) is -0.0690. The third-order valence-electron chi connectivity index (χ3n) is 3.64. The van der Waals surface area contributed by atoms with Gasteiger partial charge in [-0.05, 0) is 36.2 Å². The molecular formula is C19H18ClN3OS. The first-order valence-corrected chi connectivity index (χ1v) is 9.24. The Hall–Kier alpha value is -2.37. The molecule has 2 N–H and O–H groups in total. The number of para-hydroxylation sites is 1. The molecule has 2 aromatic carbocycles. The molecule has 4 nitrogen and oxygen atoms in total. The summed E-state index contributed by atoms with van der Waals surface area (Å²) in [6.45, 7) is 2.07. The van der Waals surface area contributed by atoms with Crippen molar-refractivity contribution in [2.75, 3.05) is 10.6 Å². The molecule has 3 rings (SSSR count). The number of amides is 1. The van der Waals surface area contributed by atoms with Crippen LogP contribution in [0.2, 0.25) is 5.02 Å². The Bertz CT molecular complexity index is 878. The van der Waals surface area contributed by atoms with Crippen LogP contribution in [0.25, 0.3) is 0 Å². The lowest BCUT2D eigenvalue weighted by Gasteiger charge is -2.08. The largest absolute Gasteiger partial charge is 0.331 e. The average Bonchev–Trinajstić information content (AvgIpc) is 3.02. The van der Waals surface area contributed by atoms with Crippen molar-refractivity contribution < 1.29 is 4.79 Å². The van der Waals surface area contributed by atoms with Crippen LogP contribution in [-0.2, 0) is 17.6 Å². The molecule has 0 saturated carbocycles. The quantitative estimate of drug-likeness (QED) is 0.619. The number of nitrogens with zero attached hydrogens (tertiary/aromatic N) is 1. The minimum Gasteiger partial charge on any atom is -0.331 e. The highest BCUT2D eigenvalue weighted by molar-refractivity contribution is 7.13. The zero-order chi connectivity index (χ0) is 17.6. The summed E-state index contributed by atoms with van der Waals surface area (Å²) in [5.41, 5.74) is 3.59. The van der Waals surface area contributed by atoms with E-state index >= 15 is 0 Å². The van der Waals surface area contributed by atoms with E-state index in [1.165, 1.54) is 11.3 Å². The number of anilines is 3. The van der Waals surface area contributed by atoms with E-state index in [1.807, 2.05) is 53.9 Å². The standard InChI is InChI=1S/C19H18ClN3OS/c1-2-13-6-3-4-9-17(13)23-18(24)11-16-12-25-19(22-16)21-15-8-5-7-14(20)10-15/h3-10,12H,2,11H2,1H3,(H,21,22)(H,23,24). The Labute approximate surface area is 155 Å². The van der Waals surface area contributed by atoms with Gasteiger partial charge in [-0.2, -0.15) is 0 Å². The monoisotopic (exact) mass is 371 g/mol. The van der Waals surface area contributed by atoms with Crippen molar-refractivity contribution in [1.29, 1.82) is 0 Å². The normalized spacial score (nSPS) is 10.5. The van der Waals surface area contributed by atoms with Crippen LogP contribution in [0.3, 0.4) is 0 Å². The van der Waals surface area contributed by atoms with Crippen LogP contribution in [0.15, 0.2) is 53.9 Å². The molecule has 3 aromatic rings. The molecule has 0 spiro atoms. The number of rotatable bonds is 6. The van der Waals surface area contributed by atoms with Crippen molar-refractivity contribution in [3.63, 3.8) is 0 Å². The number of aryl methyl sites for hydroxylation is 1. The minimum absolute atomic E-state index is 0.0690. The molecular weight excluding hydrogens is 354 g/mol. The van der Waals surface area contributed by atoms with Gasteiger partial charge in [0.1, 0.15) is 0 Å². The molecule has 1 heterocycles. The van der Waals surface area contributed by atoms with Gasteiger partial charge >= 0.3 is 0 Å². The van der Waals surface area contributed by atoms with Crippen LogP contribution in [0.5, 0.6) is 0 Å². The second-order valence-electron chi connectivity index (χ2n) is 5.51. The van der Waals surface area contributed by atoms with Crippen LogP contribution in [-0.4, -0.2) is 10.9 Å². The topological polar surface area (TPSA) is 54.0 Å². The molecule has 6 heteroatoms. The first-order chi connectivity index (χ1) is 12.1. The Balaban J connectivity index is 1.62. The summed E-state index contributed by atoms with van der Waals surface area (Å²) < 4.78 is 0. The number of hydrogen-bond acceptors (Lipinski definition) is 4. The molecule has 128 valence electrons. The third kappa shape index (κ3) is 4.81. The first kappa shape index (κ1) is 17.5. The Morgan fingerprint density at radius 3 is 2.84 bits per heavy atom. The molecule has 0 aliphatic rings. The maximum absolute atomic E-state index is 12.3. The second kappa shape index (κ2) is 8.14. The van der Waals surface area contributed by atoms with E-state index in [1.54, 1.807) is 0 Å². The van der Waals surface area contributed by atoms with Gasteiger partial charge in [0, 0.05) is 21.8 Å². The lowest BCUT2D eigenvalue weighted by Crippen LogP contribution is -2.15. The Morgan fingerprint density at radius 1 is 1.20 bits per heavy atom. The molecule has 0 saturated heterocycles. The van der Waals surface area contributed by atoms with E-state index in [2.05, 4.69) is 22.5 Å². The number of carbonyl (C=O) groups is 1. The van der Waals surface area contributed by atoms with Gasteiger partial charge in [0.2, 0.25) is 5.91 Å². The molecule has 0 aliphatic carbocycles. The van der Waals surface area contributed by atoms with E-state index in [0.717, 1.165) is 34.2 Å². The van der Waals surface area contributed by atoms with E-state index in [4.69, 9.17) is 11.6 Å². The molecule has 0 radical (unpaired) electrons. The summed E-state index contributed by atoms with van der Waals surface area (Å²) >= 11 is 7.44. The maximum Gasteiger partial charge on any atom is 0.230 e. The number of halogens is 1. The second-order valence-corrected chi connectivity index (χ2v) is 6.81. The van der Waals surface area contributed by atoms with E-state index in [9.17, 15) is 4.79 Å². The number of thiazole rings is 1. The van der Waals surface area contributed by atoms with Gasteiger partial charge in [-0.15, -0.1) is 11.3 Å². The van der Waals surface area contributed by atoms with E-state index in [-0.39, 0.29) is 12.3 Å². The molecule has 0 unspecified atom stereocenters. The first-order valence-electron chi connectivity index (χ1n) is 7.99. The predicted molar refractivity (Wildman–Crippen MR) is 105 cm³/mol. The minimum atomic E-state index is -0.0690. The van der Waals surface area contributed by atoms with Gasteiger partial charge in [-0.3, -0.25) is 4.79 Å². The van der Waals surface area contributed by atoms with Crippen molar-refractivity contribution in [1.82, 2.24) is 4.98 Å². The van der Waals surface area contributed by atoms with E-state index in [0.29, 0.717) is 5.02 Å². The van der Waals surface area contributed by atoms with Gasteiger partial charge in [-0.1, -0.05) is 42.8 Å². The van der Waals surface area contributed by atoms with Crippen molar-refractivity contribution in [2.24, 2.45) is 0 Å². The summed E-state index contributed by atoms with van der Waals surface area (Å²) in [5, 5.41) is 9.45. The highest BCUT2D eigenvalue weighted by Gasteiger charge is 2.10. The highest BCUT2D eigenvalue weighted by atomic mass is 35.5. The third-order valence-corrected chi connectivity index (χ3v) is 4.68. The van der Waals surface area contributed by atoms with Gasteiger partial charge in [0.15, 0.2) is 5.13 Å². The summed E-state index contributed by atoms with van der Waals surface area (Å²) in [6, 6.07) is 15.3. The molecule has 0 bridgehead atoms. The maximum atomic E-state index is 12.3. The van der Waals surface area contributed by atoms with Gasteiger partial charge in [-0.25, -0.2) is 4.98 Å². The lowest BCUT2D eigenvalue weighted by molar-refractivity contribution is -0.115. The average molecular weight is 372 g/mol. The van der Waals surface area contributed by atoms with Crippen LogP contribution < -0.4 is 10.6 Å². The Morgan fingerprint density at radius 2 is 2.04 bits per heavy atom. The number of carbonyl (C=O) groups excluding carboxylic acids is 1. The molecule has 1 aromatic heterocycles. The van der Waals surface area contributed by atoms with E-state index < -0.39 is 0 Å². The van der Waals surface area contributed by atoms with Crippen molar-refractivity contribution in [3.05, 3.63) is 70.2 Å². The fourth-order valence-electron chi connectivity index (χ4n) is 2.44. The van der Waals surface area contributed by atoms with Crippen molar-refractivity contribution in [3.8, 4) is 0 Å². The summed E-state index contributed by atoms with van der Waals surface area (Å²) in [7, 11) is 0. The smallest absolute Gasteiger partial charge is 0.230 e. The lowest BCUT2D eigenvalue weighted by atomic mass is 10.1. The zero-order valence-electron chi connectivity index (χ0n) is 13.8. The zero-order valence-corrected chi connectivity index (χ0v) is 15.3. The van der Waals surface area contributed by atoms with Crippen LogP contribution in [0.1, 0.15) is 18.2 Å². The summed E-state index contributed by atoms with van der Waals surface area (Å²) in [6.07, 6.45) is 1.12. The number of nitrogens with one attached hydrogen (secondary N) is 2. The van der Waals surface area contributed by atoms with Crippen molar-refractivity contribution in [2.45, 2.75) is 19.8 Å². The Kier molecular flexibility index (Phi) is 5.68. The van der Waals surface area contributed by atoms with Gasteiger partial charge in [0.05, 0.1) is 12.1 Å². The number of hydrogen-bond donors (Lipinski definition) is 2. The number of aromatic nitrogens is 1. The number of benzene rings is 2. The molecule has 0 atom stereocenters. The van der Waals surface area contributed by atoms with Gasteiger partial charge in [0.25, 0.3) is 0 Å². The molecule has 0 fully saturated rings. The predicted octanol–water partition coefficient (Wildman–Crippen LogP) is 5.28. The SMILES string of the molecule is CCc1ccccc1NC(=O)Cc1csc(Nc2cccc(Cl)c2)n1. The van der Waals surface area contributed by atoms with Gasteiger partial charge < -0.3 is 10.6 Å². The fourth-order valence-corrected chi connectivity index (χ4v) is 3.37. The van der Waals surface area contributed by atoms with Crippen LogP contribution >= 0.6 is 22.9 Å². The fraction of sp³-hybridized carbons (Fsp3) is 0.158. The molecule has 1 amide bonds. The highest BCUT2D eigenvalue weighted by Crippen LogP contribution is 2.23.